The van der Waals surface area contributed by atoms with Gasteiger partial charge in [0.1, 0.15) is 0 Å². The topological polar surface area (TPSA) is 20.2 Å². The maximum atomic E-state index is 8.06. The second kappa shape index (κ2) is 4.50. The first kappa shape index (κ1) is 9.09. The normalized spacial score (nSPS) is 7.20. The van der Waals surface area contributed by atoms with Crippen LogP contribution in [0.25, 0.3) is 0 Å². The fourth-order valence-electron chi connectivity index (χ4n) is 0. The molecule has 1 nitrogen and oxygen atoms in total. The summed E-state index contributed by atoms with van der Waals surface area (Å²) in [6, 6.07) is 0. The SMILES string of the molecule is CC(C)O.[GeH4]. The predicted octanol–water partition coefficient (Wildman–Crippen LogP) is -1.06. The molecule has 0 aromatic heterocycles. The second-order valence-electron chi connectivity index (χ2n) is 1.09. The molecule has 0 atom stereocenters. The van der Waals surface area contributed by atoms with Gasteiger partial charge >= 0.3 is 17.6 Å². The third-order valence-electron chi connectivity index (χ3n) is 0. The molecule has 0 spiro atoms. The molecule has 0 amide bonds. The van der Waals surface area contributed by atoms with Gasteiger partial charge in [-0.05, 0) is 13.8 Å². The summed E-state index contributed by atoms with van der Waals surface area (Å²) in [6.07, 6.45) is -0.167. The van der Waals surface area contributed by atoms with Crippen LogP contribution in [0.4, 0.5) is 0 Å². The van der Waals surface area contributed by atoms with Crippen LogP contribution in [0.1, 0.15) is 13.8 Å². The van der Waals surface area contributed by atoms with Gasteiger partial charge in [0.2, 0.25) is 0 Å². The van der Waals surface area contributed by atoms with Crippen molar-refractivity contribution in [1.29, 1.82) is 0 Å². The zero-order chi connectivity index (χ0) is 3.58. The maximum absolute atomic E-state index is 8.06. The number of rotatable bonds is 0. The first-order valence-electron chi connectivity index (χ1n) is 1.41. The Morgan fingerprint density at radius 1 is 1.40 bits per heavy atom. The average molecular weight is 137 g/mol. The summed E-state index contributed by atoms with van der Waals surface area (Å²) in [5, 5.41) is 8.06. The van der Waals surface area contributed by atoms with Crippen LogP contribution < -0.4 is 0 Å². The molecule has 5 heavy (non-hydrogen) atoms. The molecular weight excluding hydrogens is 125 g/mol. The summed E-state index contributed by atoms with van der Waals surface area (Å²) >= 11 is 0. The Morgan fingerprint density at radius 2 is 1.40 bits per heavy atom. The van der Waals surface area contributed by atoms with Gasteiger partial charge < -0.3 is 5.11 Å². The zero-order valence-corrected chi connectivity index (χ0v) is 3.02. The zero-order valence-electron chi connectivity index (χ0n) is 3.02. The van der Waals surface area contributed by atoms with E-state index in [9.17, 15) is 0 Å². The molecule has 0 saturated heterocycles. The van der Waals surface area contributed by atoms with E-state index in [1.165, 1.54) is 0 Å². The van der Waals surface area contributed by atoms with Crippen molar-refractivity contribution in [2.75, 3.05) is 0 Å². The van der Waals surface area contributed by atoms with E-state index in [4.69, 9.17) is 5.11 Å². The van der Waals surface area contributed by atoms with Crippen molar-refractivity contribution >= 4 is 17.6 Å². The van der Waals surface area contributed by atoms with E-state index in [2.05, 4.69) is 0 Å². The molecule has 0 radical (unpaired) electrons. The van der Waals surface area contributed by atoms with Crippen molar-refractivity contribution in [3.63, 3.8) is 0 Å². The van der Waals surface area contributed by atoms with Crippen LogP contribution in [0, 0.1) is 0 Å². The van der Waals surface area contributed by atoms with Crippen LogP contribution in [0.3, 0.4) is 0 Å². The molecule has 0 rings (SSSR count). The number of aliphatic hydroxyl groups is 1. The van der Waals surface area contributed by atoms with Crippen molar-refractivity contribution in [3.05, 3.63) is 0 Å². The molecule has 0 aliphatic rings. The Hall–Kier alpha value is 0.503. The van der Waals surface area contributed by atoms with Gasteiger partial charge in [-0.3, -0.25) is 0 Å². The summed E-state index contributed by atoms with van der Waals surface area (Å²) < 4.78 is 0. The van der Waals surface area contributed by atoms with Crippen LogP contribution in [0.2, 0.25) is 0 Å². The summed E-state index contributed by atoms with van der Waals surface area (Å²) in [5.41, 5.74) is 0. The van der Waals surface area contributed by atoms with Gasteiger partial charge in [0.05, 0.1) is 0 Å². The minimum absolute atomic E-state index is 0. The Morgan fingerprint density at radius 3 is 1.40 bits per heavy atom. The van der Waals surface area contributed by atoms with Gasteiger partial charge in [-0.15, -0.1) is 0 Å². The predicted molar refractivity (Wildman–Crippen MR) is 28.7 cm³/mol. The standard InChI is InChI=1S/C3H8O.GeH4/c1-3(2)4;/h3-4H,1-2H3;1H4. The molecular formula is C3H12GeO. The quantitative estimate of drug-likeness (QED) is 0.421. The Labute approximate surface area is 43.4 Å². The van der Waals surface area contributed by atoms with Crippen LogP contribution in [-0.2, 0) is 0 Å². The Balaban J connectivity index is 0. The van der Waals surface area contributed by atoms with Gasteiger partial charge in [-0.1, -0.05) is 0 Å². The molecule has 0 aliphatic heterocycles. The second-order valence-corrected chi connectivity index (χ2v) is 1.09. The van der Waals surface area contributed by atoms with Crippen molar-refractivity contribution in [1.82, 2.24) is 0 Å². The first-order chi connectivity index (χ1) is 1.73. The van der Waals surface area contributed by atoms with E-state index in [0.29, 0.717) is 0 Å². The van der Waals surface area contributed by atoms with E-state index in [1.54, 1.807) is 13.8 Å². The van der Waals surface area contributed by atoms with Gasteiger partial charge in [-0.25, -0.2) is 0 Å². The molecule has 0 aromatic rings. The Bertz CT molecular complexity index is 11.6. The Kier molecular flexibility index (Phi) is 8.19. The molecule has 0 fully saturated rings. The van der Waals surface area contributed by atoms with E-state index >= 15 is 0 Å². The molecule has 2 heteroatoms. The van der Waals surface area contributed by atoms with E-state index in [-0.39, 0.29) is 23.7 Å². The van der Waals surface area contributed by atoms with E-state index in [1.807, 2.05) is 0 Å². The summed E-state index contributed by atoms with van der Waals surface area (Å²) in [4.78, 5) is 0. The third-order valence-corrected chi connectivity index (χ3v) is 0. The molecule has 0 aromatic carbocycles. The van der Waals surface area contributed by atoms with Gasteiger partial charge in [0.15, 0.2) is 0 Å². The third kappa shape index (κ3) is 112. The molecule has 0 unspecified atom stereocenters. The molecule has 0 aliphatic carbocycles. The van der Waals surface area contributed by atoms with Gasteiger partial charge in [0, 0.05) is 6.10 Å². The monoisotopic (exact) mass is 138 g/mol. The number of hydrogen-bond acceptors (Lipinski definition) is 1. The van der Waals surface area contributed by atoms with Gasteiger partial charge in [-0.2, -0.15) is 0 Å². The van der Waals surface area contributed by atoms with Gasteiger partial charge in [0.25, 0.3) is 0 Å². The summed E-state index contributed by atoms with van der Waals surface area (Å²) in [6.45, 7) is 3.44. The summed E-state index contributed by atoms with van der Waals surface area (Å²) in [7, 11) is 0. The molecule has 34 valence electrons. The molecule has 0 saturated carbocycles. The van der Waals surface area contributed by atoms with Crippen LogP contribution >= 0.6 is 0 Å². The fraction of sp³-hybridized carbons (Fsp3) is 1.00. The average Bonchev–Trinajstić information content (AvgIpc) is 0.811. The van der Waals surface area contributed by atoms with Crippen molar-refractivity contribution in [2.24, 2.45) is 0 Å². The van der Waals surface area contributed by atoms with Crippen molar-refractivity contribution in [2.45, 2.75) is 20.0 Å². The van der Waals surface area contributed by atoms with Crippen LogP contribution in [0.5, 0.6) is 0 Å². The molecule has 1 N–H and O–H groups in total. The van der Waals surface area contributed by atoms with Crippen molar-refractivity contribution in [3.8, 4) is 0 Å². The van der Waals surface area contributed by atoms with Crippen LogP contribution in [0.15, 0.2) is 0 Å². The minimum atomic E-state index is -0.167. The van der Waals surface area contributed by atoms with Crippen LogP contribution in [-0.4, -0.2) is 28.8 Å². The van der Waals surface area contributed by atoms with E-state index < -0.39 is 0 Å². The first-order valence-corrected chi connectivity index (χ1v) is 1.41. The summed E-state index contributed by atoms with van der Waals surface area (Å²) in [5.74, 6) is 0. The van der Waals surface area contributed by atoms with E-state index in [0.717, 1.165) is 0 Å². The van der Waals surface area contributed by atoms with Crippen molar-refractivity contribution < 1.29 is 5.11 Å². The fourth-order valence-corrected chi connectivity index (χ4v) is 0. The molecule has 0 heterocycles. The molecule has 0 bridgehead atoms. The number of hydrogen-bond donors (Lipinski definition) is 1. The number of aliphatic hydroxyl groups excluding tert-OH is 1.